The average Bonchev–Trinajstić information content (AvgIpc) is 3.04. The molecule has 40 heavy (non-hydrogen) atoms. The molecule has 1 atom stereocenters. The molecular formula is C32H36N2O4S2. The van der Waals surface area contributed by atoms with Crippen LogP contribution in [0.3, 0.4) is 0 Å². The Kier molecular flexibility index (Phi) is 7.31. The van der Waals surface area contributed by atoms with Crippen molar-refractivity contribution in [1.29, 1.82) is 0 Å². The van der Waals surface area contributed by atoms with E-state index in [-0.39, 0.29) is 23.9 Å². The van der Waals surface area contributed by atoms with Gasteiger partial charge in [0.2, 0.25) is 10.0 Å². The van der Waals surface area contributed by atoms with E-state index < -0.39 is 26.1 Å². The summed E-state index contributed by atoms with van der Waals surface area (Å²) < 4.78 is 59.5. The molecular weight excluding hydrogens is 540 g/mol. The summed E-state index contributed by atoms with van der Waals surface area (Å²) in [4.78, 5) is 0.571. The summed E-state index contributed by atoms with van der Waals surface area (Å²) in [6, 6.07) is 17.6. The molecule has 0 spiro atoms. The maximum Gasteiger partial charge on any atom is 0.264 e. The van der Waals surface area contributed by atoms with Gasteiger partial charge in [0.1, 0.15) is 0 Å². The van der Waals surface area contributed by atoms with Crippen molar-refractivity contribution in [3.8, 4) is 0 Å². The number of nitrogens with zero attached hydrogens (tertiary/aromatic N) is 2. The highest BCUT2D eigenvalue weighted by atomic mass is 32.2. The molecule has 0 fully saturated rings. The maximum atomic E-state index is 14.3. The third-order valence-electron chi connectivity index (χ3n) is 7.76. The number of rotatable bonds is 5. The number of sulfonamides is 2. The molecule has 8 heteroatoms. The van der Waals surface area contributed by atoms with Gasteiger partial charge >= 0.3 is 0 Å². The second-order valence-corrected chi connectivity index (χ2v) is 14.9. The van der Waals surface area contributed by atoms with Gasteiger partial charge in [-0.25, -0.2) is 16.8 Å². The van der Waals surface area contributed by atoms with Crippen LogP contribution >= 0.6 is 0 Å². The second kappa shape index (κ2) is 10.3. The fourth-order valence-corrected chi connectivity index (χ4v) is 9.41. The number of hydrogen-bond donors (Lipinski definition) is 0. The SMILES string of the molecule is Cc1ccc(S(=O)(=O)N2CC3=C[C@H](C(C)C)N(S(=O)(=O)c4c(C)cc(C)cc4C)CC3=Cc3ccccc32)cc1. The van der Waals surface area contributed by atoms with Crippen molar-refractivity contribution in [3.05, 3.63) is 106 Å². The first-order valence-electron chi connectivity index (χ1n) is 13.5. The van der Waals surface area contributed by atoms with Gasteiger partial charge in [0, 0.05) is 12.6 Å². The predicted octanol–water partition coefficient (Wildman–Crippen LogP) is 6.17. The molecule has 0 aromatic heterocycles. The number of benzene rings is 3. The van der Waals surface area contributed by atoms with Crippen LogP contribution in [-0.2, 0) is 20.0 Å². The monoisotopic (exact) mass is 576 g/mol. The summed E-state index contributed by atoms with van der Waals surface area (Å²) >= 11 is 0. The van der Waals surface area contributed by atoms with Gasteiger partial charge in [-0.2, -0.15) is 4.31 Å². The smallest absolute Gasteiger partial charge is 0.261 e. The van der Waals surface area contributed by atoms with Crippen LogP contribution in [0, 0.1) is 33.6 Å². The lowest BCUT2D eigenvalue weighted by Crippen LogP contribution is -2.47. The van der Waals surface area contributed by atoms with E-state index in [1.807, 2.05) is 90.1 Å². The highest BCUT2D eigenvalue weighted by molar-refractivity contribution is 7.92. The normalized spacial score (nSPS) is 18.1. The highest BCUT2D eigenvalue weighted by Crippen LogP contribution is 2.39. The van der Waals surface area contributed by atoms with Crippen LogP contribution in [-0.4, -0.2) is 40.3 Å². The molecule has 3 aromatic rings. The van der Waals surface area contributed by atoms with Crippen molar-refractivity contribution >= 4 is 31.8 Å². The predicted molar refractivity (Wildman–Crippen MR) is 161 cm³/mol. The van der Waals surface area contributed by atoms with Crippen molar-refractivity contribution in [1.82, 2.24) is 4.31 Å². The van der Waals surface area contributed by atoms with Crippen molar-refractivity contribution < 1.29 is 16.8 Å². The molecule has 6 nitrogen and oxygen atoms in total. The van der Waals surface area contributed by atoms with Crippen LogP contribution in [0.2, 0.25) is 0 Å². The largest absolute Gasteiger partial charge is 0.264 e. The summed E-state index contributed by atoms with van der Waals surface area (Å²) in [6.45, 7) is 11.9. The van der Waals surface area contributed by atoms with Gasteiger partial charge in [0.15, 0.2) is 0 Å². The number of hydrogen-bond acceptors (Lipinski definition) is 4. The van der Waals surface area contributed by atoms with Crippen LogP contribution in [0.15, 0.2) is 87.7 Å². The summed E-state index contributed by atoms with van der Waals surface area (Å²) in [7, 11) is -7.72. The van der Waals surface area contributed by atoms with Crippen LogP contribution in [0.1, 0.15) is 41.7 Å². The zero-order valence-electron chi connectivity index (χ0n) is 23.8. The molecule has 0 unspecified atom stereocenters. The summed E-state index contributed by atoms with van der Waals surface area (Å²) in [5.74, 6) is -0.0253. The van der Waals surface area contributed by atoms with Gasteiger partial charge in [-0.05, 0) is 85.7 Å². The van der Waals surface area contributed by atoms with E-state index in [4.69, 9.17) is 0 Å². The first kappa shape index (κ1) is 28.3. The molecule has 5 rings (SSSR count). The van der Waals surface area contributed by atoms with Gasteiger partial charge in [0.25, 0.3) is 10.0 Å². The van der Waals surface area contributed by atoms with Crippen LogP contribution in [0.4, 0.5) is 5.69 Å². The van der Waals surface area contributed by atoms with Crippen molar-refractivity contribution in [2.24, 2.45) is 5.92 Å². The molecule has 2 heterocycles. The minimum absolute atomic E-state index is 0.0253. The molecule has 0 bridgehead atoms. The summed E-state index contributed by atoms with van der Waals surface area (Å²) in [6.07, 6.45) is 3.90. The Labute approximate surface area is 238 Å². The van der Waals surface area contributed by atoms with E-state index in [2.05, 4.69) is 0 Å². The van der Waals surface area contributed by atoms with Crippen LogP contribution in [0.25, 0.3) is 6.08 Å². The van der Waals surface area contributed by atoms with E-state index >= 15 is 0 Å². The summed E-state index contributed by atoms with van der Waals surface area (Å²) in [5.41, 5.74) is 6.40. The molecule has 0 amide bonds. The van der Waals surface area contributed by atoms with Gasteiger partial charge in [-0.3, -0.25) is 4.31 Å². The van der Waals surface area contributed by atoms with E-state index in [0.717, 1.165) is 39.0 Å². The van der Waals surface area contributed by atoms with Gasteiger partial charge in [-0.1, -0.05) is 73.5 Å². The number of fused-ring (bicyclic) bond motifs is 2. The fraction of sp³-hybridized carbons (Fsp3) is 0.312. The zero-order chi connectivity index (χ0) is 29.0. The molecule has 210 valence electrons. The molecule has 0 saturated carbocycles. The Morgan fingerprint density at radius 1 is 0.750 bits per heavy atom. The van der Waals surface area contributed by atoms with Gasteiger partial charge in [0.05, 0.1) is 22.0 Å². The van der Waals surface area contributed by atoms with Gasteiger partial charge < -0.3 is 0 Å². The lowest BCUT2D eigenvalue weighted by Gasteiger charge is -2.38. The Hall–Kier alpha value is -3.20. The first-order chi connectivity index (χ1) is 18.8. The standard InChI is InChI=1S/C32H36N2O4S2/c1-21(2)31-18-28-20-33(39(35,36)29-13-11-22(3)12-14-29)30-10-8-7-9-26(30)17-27(28)19-34(31)40(37,38)32-24(5)15-23(4)16-25(32)6/h7-18,21,31H,19-20H2,1-6H3/t31-/m1/s1. The average molecular weight is 577 g/mol. The minimum atomic E-state index is -3.88. The Morgan fingerprint density at radius 2 is 1.38 bits per heavy atom. The third kappa shape index (κ3) is 4.93. The molecule has 3 aromatic carbocycles. The Bertz CT molecular complexity index is 1730. The van der Waals surface area contributed by atoms with Gasteiger partial charge in [-0.15, -0.1) is 0 Å². The molecule has 0 aliphatic carbocycles. The lowest BCUT2D eigenvalue weighted by molar-refractivity contribution is 0.311. The topological polar surface area (TPSA) is 74.8 Å². The molecule has 0 N–H and O–H groups in total. The second-order valence-electron chi connectivity index (χ2n) is 11.3. The Balaban J connectivity index is 1.65. The fourth-order valence-electron chi connectivity index (χ4n) is 5.84. The van der Waals surface area contributed by atoms with Crippen LogP contribution < -0.4 is 4.31 Å². The van der Waals surface area contributed by atoms with E-state index in [9.17, 15) is 16.8 Å². The van der Waals surface area contributed by atoms with Crippen molar-refractivity contribution in [2.75, 3.05) is 17.4 Å². The quantitative estimate of drug-likeness (QED) is 0.364. The first-order valence-corrected chi connectivity index (χ1v) is 16.4. The van der Waals surface area contributed by atoms with Crippen molar-refractivity contribution in [2.45, 2.75) is 57.4 Å². The molecule has 2 aliphatic rings. The number of anilines is 1. The number of para-hydroxylation sites is 1. The molecule has 0 saturated heterocycles. The van der Waals surface area contributed by atoms with E-state index in [0.29, 0.717) is 10.6 Å². The molecule has 0 radical (unpaired) electrons. The minimum Gasteiger partial charge on any atom is -0.261 e. The zero-order valence-corrected chi connectivity index (χ0v) is 25.5. The van der Waals surface area contributed by atoms with Crippen LogP contribution in [0.5, 0.6) is 0 Å². The maximum absolute atomic E-state index is 14.3. The molecule has 2 aliphatic heterocycles. The highest BCUT2D eigenvalue weighted by Gasteiger charge is 2.40. The summed E-state index contributed by atoms with van der Waals surface area (Å²) in [5, 5.41) is 0. The van der Waals surface area contributed by atoms with E-state index in [1.54, 1.807) is 28.6 Å². The third-order valence-corrected chi connectivity index (χ3v) is 11.7. The van der Waals surface area contributed by atoms with E-state index in [1.165, 1.54) is 4.31 Å². The lowest BCUT2D eigenvalue weighted by atomic mass is 9.92. The Morgan fingerprint density at radius 3 is 2.00 bits per heavy atom. The van der Waals surface area contributed by atoms with Crippen molar-refractivity contribution in [3.63, 3.8) is 0 Å². The number of aryl methyl sites for hydroxylation is 4.